The fourth-order valence-corrected chi connectivity index (χ4v) is 3.02. The molecule has 31 heavy (non-hydrogen) atoms. The molecule has 0 fully saturated rings. The predicted octanol–water partition coefficient (Wildman–Crippen LogP) is 5.74. The highest BCUT2D eigenvalue weighted by molar-refractivity contribution is 6.64. The summed E-state index contributed by atoms with van der Waals surface area (Å²) in [5.41, 5.74) is 4.62. The lowest BCUT2D eigenvalue weighted by molar-refractivity contribution is 0.596. The molecule has 0 aliphatic carbocycles. The highest BCUT2D eigenvalue weighted by atomic mass is 19.1. The first-order valence-electron chi connectivity index (χ1n) is 10.7. The maximum atomic E-state index is 14.5. The van der Waals surface area contributed by atoms with Gasteiger partial charge in [0.1, 0.15) is 5.52 Å². The molecule has 0 bridgehead atoms. The zero-order chi connectivity index (χ0) is 23.1. The van der Waals surface area contributed by atoms with Crippen molar-refractivity contribution in [1.29, 1.82) is 5.26 Å². The lowest BCUT2D eigenvalue weighted by Gasteiger charge is -2.05. The molecule has 1 aromatic carbocycles. The van der Waals surface area contributed by atoms with E-state index >= 15 is 0 Å². The van der Waals surface area contributed by atoms with Crippen molar-refractivity contribution in [1.82, 2.24) is 24.4 Å². The van der Waals surface area contributed by atoms with Crippen LogP contribution >= 0.6 is 0 Å². The van der Waals surface area contributed by atoms with Gasteiger partial charge in [0.15, 0.2) is 11.5 Å². The summed E-state index contributed by atoms with van der Waals surface area (Å²) in [6, 6.07) is 5.39. The van der Waals surface area contributed by atoms with Gasteiger partial charge in [-0.15, -0.1) is 0 Å². The third-order valence-corrected chi connectivity index (χ3v) is 4.35. The molecule has 0 saturated heterocycles. The Morgan fingerprint density at radius 1 is 1.10 bits per heavy atom. The molecule has 3 heterocycles. The molecule has 0 radical (unpaired) electrons. The van der Waals surface area contributed by atoms with Crippen molar-refractivity contribution in [3.05, 3.63) is 47.7 Å². The Bertz CT molecular complexity index is 1200. The summed E-state index contributed by atoms with van der Waals surface area (Å²) >= 11 is 0. The first-order chi connectivity index (χ1) is 14.8. The monoisotopic (exact) mass is 420 g/mol. The Labute approximate surface area is 183 Å². The summed E-state index contributed by atoms with van der Waals surface area (Å²) in [6.45, 7) is 14.7. The number of fused-ring (bicyclic) bond motifs is 2. The van der Waals surface area contributed by atoms with Crippen molar-refractivity contribution in [3.8, 4) is 17.2 Å². The molecule has 0 aliphatic rings. The van der Waals surface area contributed by atoms with Gasteiger partial charge < -0.3 is 0 Å². The minimum Gasteiger partial charge on any atom is -0.271 e. The first-order valence-corrected chi connectivity index (χ1v) is 10.7. The van der Waals surface area contributed by atoms with Crippen molar-refractivity contribution in [2.75, 3.05) is 0 Å². The second-order valence-corrected chi connectivity index (χ2v) is 7.43. The lowest BCUT2D eigenvalue weighted by Crippen LogP contribution is -1.97. The topological polar surface area (TPSA) is 71.8 Å². The summed E-state index contributed by atoms with van der Waals surface area (Å²) in [5.74, 6) is 1.71. The van der Waals surface area contributed by atoms with E-state index in [1.165, 1.54) is 6.07 Å². The van der Waals surface area contributed by atoms with Gasteiger partial charge in [-0.3, -0.25) is 4.68 Å². The van der Waals surface area contributed by atoms with E-state index in [2.05, 4.69) is 22.1 Å². The number of benzene rings is 1. The maximum absolute atomic E-state index is 14.5. The maximum Gasteiger partial charge on any atom is 0.261 e. The zero-order valence-corrected chi connectivity index (χ0v) is 19.4. The van der Waals surface area contributed by atoms with E-state index in [4.69, 9.17) is 5.26 Å². The van der Waals surface area contributed by atoms with Crippen LogP contribution in [0.2, 0.25) is 13.6 Å². The summed E-state index contributed by atoms with van der Waals surface area (Å²) in [7, 11) is 0. The molecular weight excluding hydrogens is 390 g/mol. The molecule has 0 spiro atoms. The molecule has 0 N–H and O–H groups in total. The molecule has 6 nitrogen and oxygen atoms in total. The van der Waals surface area contributed by atoms with Gasteiger partial charge in [0, 0.05) is 29.7 Å². The van der Waals surface area contributed by atoms with Crippen LogP contribution in [-0.4, -0.2) is 31.1 Å². The van der Waals surface area contributed by atoms with Crippen LogP contribution in [0.15, 0.2) is 30.6 Å². The fourth-order valence-electron chi connectivity index (χ4n) is 3.02. The number of hydrogen-bond acceptors (Lipinski definition) is 4. The molecule has 0 aliphatic heterocycles. The van der Waals surface area contributed by atoms with Gasteiger partial charge in [-0.05, 0) is 44.0 Å². The number of hydrogen-bond donors (Lipinski definition) is 0. The quantitative estimate of drug-likeness (QED) is 0.396. The number of nitrogens with zero attached hydrogens (tertiary/aromatic N) is 6. The summed E-state index contributed by atoms with van der Waals surface area (Å²) in [5, 5.41) is 17.6. The van der Waals surface area contributed by atoms with Crippen molar-refractivity contribution in [3.63, 3.8) is 0 Å². The minimum atomic E-state index is -0.321. The Morgan fingerprint density at radius 2 is 1.77 bits per heavy atom. The van der Waals surface area contributed by atoms with E-state index in [9.17, 15) is 4.39 Å². The Balaban J connectivity index is 0.000000432. The molecular formula is C23H30BFN6. The van der Waals surface area contributed by atoms with Gasteiger partial charge in [-0.2, -0.15) is 10.2 Å². The van der Waals surface area contributed by atoms with Crippen molar-refractivity contribution in [2.24, 2.45) is 0 Å². The van der Waals surface area contributed by atoms with E-state index in [0.29, 0.717) is 5.52 Å². The summed E-state index contributed by atoms with van der Waals surface area (Å²) in [4.78, 5) is 4.45. The number of aryl methyl sites for hydroxylation is 3. The van der Waals surface area contributed by atoms with Crippen LogP contribution in [0.4, 0.5) is 4.39 Å². The first kappa shape index (κ1) is 24.1. The third kappa shape index (κ3) is 5.69. The molecule has 0 atom stereocenters. The molecule has 3 aromatic heterocycles. The molecule has 8 heteroatoms. The van der Waals surface area contributed by atoms with Crippen LogP contribution in [0, 0.1) is 30.9 Å². The molecule has 4 rings (SSSR count). The van der Waals surface area contributed by atoms with E-state index in [1.54, 1.807) is 9.20 Å². The molecule has 0 amide bonds. The Hall–Kier alpha value is -3.21. The second-order valence-electron chi connectivity index (χ2n) is 7.43. The smallest absolute Gasteiger partial charge is 0.261 e. The van der Waals surface area contributed by atoms with Gasteiger partial charge in [0.25, 0.3) is 6.71 Å². The average Bonchev–Trinajstić information content (AvgIpc) is 3.33. The average molecular weight is 420 g/mol. The van der Waals surface area contributed by atoms with Crippen molar-refractivity contribution >= 4 is 23.3 Å². The standard InChI is InChI=1S/C18H18FN5.C3H6BN.C2H6/c1-4-5-23-10-14-7-13(8-15(19)17(14)22-23)16-6-11(2)18-20-12(3)9-24(18)21-16;1-4(2)3-5;1-2/h6-10H,4-5H2,1-3H3;1-2H3;1-2H3. The Kier molecular flexibility index (Phi) is 8.32. The normalized spacial score (nSPS) is 10.2. The van der Waals surface area contributed by atoms with Gasteiger partial charge in [-0.1, -0.05) is 34.4 Å². The molecule has 0 saturated carbocycles. The summed E-state index contributed by atoms with van der Waals surface area (Å²) in [6.07, 6.45) is 4.72. The number of halogens is 1. The number of imidazole rings is 1. The van der Waals surface area contributed by atoms with Crippen molar-refractivity contribution in [2.45, 2.75) is 61.2 Å². The van der Waals surface area contributed by atoms with Crippen molar-refractivity contribution < 1.29 is 4.39 Å². The van der Waals surface area contributed by atoms with E-state index < -0.39 is 0 Å². The summed E-state index contributed by atoms with van der Waals surface area (Å²) < 4.78 is 18.0. The van der Waals surface area contributed by atoms with Crippen LogP contribution in [0.3, 0.4) is 0 Å². The Morgan fingerprint density at radius 3 is 2.39 bits per heavy atom. The molecule has 162 valence electrons. The van der Waals surface area contributed by atoms with Gasteiger partial charge >= 0.3 is 0 Å². The molecule has 0 unspecified atom stereocenters. The SMILES string of the molecule is CB(C)C#N.CC.CCCn1cc2cc(-c3cc(C)c4nc(C)cn4n3)cc(F)c2n1. The van der Waals surface area contributed by atoms with Gasteiger partial charge in [0.05, 0.1) is 17.6 Å². The van der Waals surface area contributed by atoms with Gasteiger partial charge in [0.2, 0.25) is 0 Å². The molecule has 4 aromatic rings. The second kappa shape index (κ2) is 10.7. The third-order valence-electron chi connectivity index (χ3n) is 4.35. The van der Waals surface area contributed by atoms with Crippen LogP contribution in [-0.2, 0) is 6.54 Å². The van der Waals surface area contributed by atoms with Gasteiger partial charge in [-0.25, -0.2) is 19.2 Å². The van der Waals surface area contributed by atoms with Crippen LogP contribution in [0.1, 0.15) is 38.4 Å². The number of rotatable bonds is 3. The number of nitriles is 1. The van der Waals surface area contributed by atoms with E-state index in [1.807, 2.05) is 71.8 Å². The van der Waals surface area contributed by atoms with Crippen LogP contribution in [0.25, 0.3) is 27.8 Å². The van der Waals surface area contributed by atoms with Crippen LogP contribution < -0.4 is 0 Å². The predicted molar refractivity (Wildman–Crippen MR) is 126 cm³/mol. The van der Waals surface area contributed by atoms with Crippen LogP contribution in [0.5, 0.6) is 0 Å². The highest BCUT2D eigenvalue weighted by Crippen LogP contribution is 2.26. The lowest BCUT2D eigenvalue weighted by atomic mass is 9.57. The van der Waals surface area contributed by atoms with E-state index in [0.717, 1.165) is 46.5 Å². The highest BCUT2D eigenvalue weighted by Gasteiger charge is 2.13. The fraction of sp³-hybridized carbons (Fsp3) is 0.391. The largest absolute Gasteiger partial charge is 0.271 e. The van der Waals surface area contributed by atoms with E-state index in [-0.39, 0.29) is 12.5 Å². The minimum absolute atomic E-state index is 0.190. The zero-order valence-electron chi connectivity index (χ0n) is 19.4. The number of aromatic nitrogens is 5.